The Balaban J connectivity index is 1.66. The summed E-state index contributed by atoms with van der Waals surface area (Å²) in [6.07, 6.45) is 1.43. The third-order valence-electron chi connectivity index (χ3n) is 4.14. The number of carbonyl (C=O) groups excluding carboxylic acids is 1. The van der Waals surface area contributed by atoms with E-state index < -0.39 is 18.0 Å². The minimum atomic E-state index is -0.757. The van der Waals surface area contributed by atoms with Crippen LogP contribution in [-0.2, 0) is 4.79 Å². The number of benzene rings is 2. The first-order chi connectivity index (χ1) is 14.0. The van der Waals surface area contributed by atoms with Gasteiger partial charge in [0.1, 0.15) is 11.3 Å². The van der Waals surface area contributed by atoms with Crippen LogP contribution < -0.4 is 14.9 Å². The third kappa shape index (κ3) is 4.02. The Morgan fingerprint density at radius 1 is 1.10 bits per heavy atom. The highest BCUT2D eigenvalue weighted by molar-refractivity contribution is 6.30. The SMILES string of the molecule is Cc1ccc2oc(-c3ccco3)c(OC(=O)COc3ccc(Cl)cc3)c(=O)c2c1. The molecular formula is C22H15ClO6. The third-order valence-corrected chi connectivity index (χ3v) is 4.39. The first kappa shape index (κ1) is 18.8. The molecule has 0 aliphatic carbocycles. The lowest BCUT2D eigenvalue weighted by Crippen LogP contribution is -2.21. The van der Waals surface area contributed by atoms with Gasteiger partial charge in [-0.1, -0.05) is 23.2 Å². The summed E-state index contributed by atoms with van der Waals surface area (Å²) in [6.45, 7) is 1.45. The summed E-state index contributed by atoms with van der Waals surface area (Å²) in [4.78, 5) is 25.4. The average molecular weight is 411 g/mol. The van der Waals surface area contributed by atoms with E-state index >= 15 is 0 Å². The number of furan rings is 1. The van der Waals surface area contributed by atoms with Crippen molar-refractivity contribution in [1.82, 2.24) is 0 Å². The quantitative estimate of drug-likeness (QED) is 0.431. The lowest BCUT2D eigenvalue weighted by Gasteiger charge is -2.10. The van der Waals surface area contributed by atoms with Crippen molar-refractivity contribution in [2.45, 2.75) is 6.92 Å². The maximum atomic E-state index is 13.0. The van der Waals surface area contributed by atoms with Crippen molar-refractivity contribution in [3.8, 4) is 23.0 Å². The van der Waals surface area contributed by atoms with Gasteiger partial charge in [0.25, 0.3) is 0 Å². The van der Waals surface area contributed by atoms with E-state index in [1.165, 1.54) is 6.26 Å². The van der Waals surface area contributed by atoms with Gasteiger partial charge in [-0.2, -0.15) is 0 Å². The van der Waals surface area contributed by atoms with Crippen molar-refractivity contribution in [3.05, 3.63) is 81.7 Å². The topological polar surface area (TPSA) is 78.9 Å². The number of aryl methyl sites for hydroxylation is 1. The Morgan fingerprint density at radius 2 is 1.90 bits per heavy atom. The van der Waals surface area contributed by atoms with Gasteiger partial charge in [-0.05, 0) is 55.5 Å². The molecule has 2 heterocycles. The lowest BCUT2D eigenvalue weighted by atomic mass is 10.1. The molecule has 146 valence electrons. The van der Waals surface area contributed by atoms with Crippen LogP contribution in [0.5, 0.6) is 11.5 Å². The van der Waals surface area contributed by atoms with Crippen LogP contribution in [-0.4, -0.2) is 12.6 Å². The van der Waals surface area contributed by atoms with Crippen LogP contribution >= 0.6 is 11.6 Å². The summed E-state index contributed by atoms with van der Waals surface area (Å²) in [5.74, 6) is -0.254. The van der Waals surface area contributed by atoms with Gasteiger partial charge in [0, 0.05) is 5.02 Å². The molecule has 0 unspecified atom stereocenters. The molecule has 0 spiro atoms. The average Bonchev–Trinajstić information content (AvgIpc) is 3.24. The summed E-state index contributed by atoms with van der Waals surface area (Å²) < 4.78 is 21.9. The van der Waals surface area contributed by atoms with Gasteiger partial charge in [0.2, 0.25) is 16.9 Å². The van der Waals surface area contributed by atoms with E-state index in [0.29, 0.717) is 21.7 Å². The molecule has 0 radical (unpaired) electrons. The maximum Gasteiger partial charge on any atom is 0.349 e. The van der Waals surface area contributed by atoms with Crippen molar-refractivity contribution in [1.29, 1.82) is 0 Å². The highest BCUT2D eigenvalue weighted by atomic mass is 35.5. The van der Waals surface area contributed by atoms with E-state index in [9.17, 15) is 9.59 Å². The summed E-state index contributed by atoms with van der Waals surface area (Å²) in [7, 11) is 0. The van der Waals surface area contributed by atoms with Crippen LogP contribution in [0, 0.1) is 6.92 Å². The molecule has 4 rings (SSSR count). The molecule has 7 heteroatoms. The van der Waals surface area contributed by atoms with Gasteiger partial charge in [0.05, 0.1) is 11.6 Å². The second kappa shape index (κ2) is 7.85. The molecule has 6 nitrogen and oxygen atoms in total. The Kier molecular flexibility index (Phi) is 5.10. The number of ether oxygens (including phenoxy) is 2. The van der Waals surface area contributed by atoms with Crippen LogP contribution in [0.25, 0.3) is 22.5 Å². The number of halogens is 1. The molecule has 0 saturated carbocycles. The number of hydrogen-bond acceptors (Lipinski definition) is 6. The fourth-order valence-electron chi connectivity index (χ4n) is 2.77. The molecule has 2 aromatic heterocycles. The fourth-order valence-corrected chi connectivity index (χ4v) is 2.90. The van der Waals surface area contributed by atoms with Crippen LogP contribution in [0.4, 0.5) is 0 Å². The summed E-state index contributed by atoms with van der Waals surface area (Å²) >= 11 is 5.82. The van der Waals surface area contributed by atoms with Gasteiger partial charge < -0.3 is 18.3 Å². The number of esters is 1. The first-order valence-electron chi connectivity index (χ1n) is 8.71. The molecule has 0 bridgehead atoms. The van der Waals surface area contributed by atoms with Gasteiger partial charge >= 0.3 is 5.97 Å². The van der Waals surface area contributed by atoms with Gasteiger partial charge in [0.15, 0.2) is 12.4 Å². The summed E-state index contributed by atoms with van der Waals surface area (Å²) in [6, 6.07) is 15.0. The molecule has 0 amide bonds. The zero-order valence-corrected chi connectivity index (χ0v) is 16.1. The van der Waals surface area contributed by atoms with Crippen molar-refractivity contribution in [2.75, 3.05) is 6.61 Å². The monoisotopic (exact) mass is 410 g/mol. The van der Waals surface area contributed by atoms with E-state index in [1.54, 1.807) is 48.5 Å². The Bertz CT molecular complexity index is 1220. The Hall–Kier alpha value is -3.51. The molecular weight excluding hydrogens is 396 g/mol. The number of carbonyl (C=O) groups is 1. The predicted octanol–water partition coefficient (Wildman–Crippen LogP) is 5.00. The van der Waals surface area contributed by atoms with Crippen LogP contribution in [0.15, 0.2) is 74.5 Å². The second-order valence-corrected chi connectivity index (χ2v) is 6.72. The number of hydrogen-bond donors (Lipinski definition) is 0. The predicted molar refractivity (Wildman–Crippen MR) is 108 cm³/mol. The van der Waals surface area contributed by atoms with Crippen molar-refractivity contribution < 1.29 is 23.1 Å². The Labute approximate surface area is 170 Å². The molecule has 0 N–H and O–H groups in total. The maximum absolute atomic E-state index is 13.0. The van der Waals surface area contributed by atoms with Crippen molar-refractivity contribution >= 4 is 28.5 Å². The molecule has 0 atom stereocenters. The second-order valence-electron chi connectivity index (χ2n) is 6.28. The summed E-state index contributed by atoms with van der Waals surface area (Å²) in [5, 5.41) is 0.855. The zero-order chi connectivity index (χ0) is 20.4. The smallest absolute Gasteiger partial charge is 0.349 e. The van der Waals surface area contributed by atoms with Crippen molar-refractivity contribution in [2.24, 2.45) is 0 Å². The fraction of sp³-hybridized carbons (Fsp3) is 0.0909. The van der Waals surface area contributed by atoms with E-state index in [4.69, 9.17) is 29.9 Å². The number of fused-ring (bicyclic) bond motifs is 1. The largest absolute Gasteiger partial charge is 0.482 e. The molecule has 0 fully saturated rings. The van der Waals surface area contributed by atoms with Gasteiger partial charge in [-0.25, -0.2) is 4.79 Å². The van der Waals surface area contributed by atoms with E-state index in [0.717, 1.165) is 5.56 Å². The minimum Gasteiger partial charge on any atom is -0.482 e. The molecule has 29 heavy (non-hydrogen) atoms. The normalized spacial score (nSPS) is 10.8. The van der Waals surface area contributed by atoms with Crippen molar-refractivity contribution in [3.63, 3.8) is 0 Å². The molecule has 0 aliphatic rings. The Morgan fingerprint density at radius 3 is 2.62 bits per heavy atom. The van der Waals surface area contributed by atoms with E-state index in [1.807, 2.05) is 13.0 Å². The van der Waals surface area contributed by atoms with Crippen LogP contribution in [0.3, 0.4) is 0 Å². The van der Waals surface area contributed by atoms with Gasteiger partial charge in [-0.15, -0.1) is 0 Å². The van der Waals surface area contributed by atoms with E-state index in [2.05, 4.69) is 0 Å². The minimum absolute atomic E-state index is 0.0381. The number of rotatable bonds is 5. The zero-order valence-electron chi connectivity index (χ0n) is 15.3. The standard InChI is InChI=1S/C22H15ClO6/c1-13-4-9-17-16(11-13)20(25)22(21(28-17)18-3-2-10-26-18)29-19(24)12-27-15-7-5-14(23)6-8-15/h2-11H,12H2,1H3. The highest BCUT2D eigenvalue weighted by Gasteiger charge is 2.22. The molecule has 0 saturated heterocycles. The molecule has 4 aromatic rings. The van der Waals surface area contributed by atoms with E-state index in [-0.39, 0.29) is 17.3 Å². The molecule has 2 aromatic carbocycles. The summed E-state index contributed by atoms with van der Waals surface area (Å²) in [5.41, 5.74) is 0.768. The molecule has 0 aliphatic heterocycles. The van der Waals surface area contributed by atoms with Crippen LogP contribution in [0.1, 0.15) is 5.56 Å². The van der Waals surface area contributed by atoms with Crippen LogP contribution in [0.2, 0.25) is 5.02 Å². The first-order valence-corrected chi connectivity index (χ1v) is 9.09. The lowest BCUT2D eigenvalue weighted by molar-refractivity contribution is -0.136. The van der Waals surface area contributed by atoms with Gasteiger partial charge in [-0.3, -0.25) is 4.79 Å². The highest BCUT2D eigenvalue weighted by Crippen LogP contribution is 2.31.